The Morgan fingerprint density at radius 1 is 0.913 bits per heavy atom. The molecule has 2 rings (SSSR count). The third-order valence-electron chi connectivity index (χ3n) is 3.28. The van der Waals surface area contributed by atoms with Crippen LogP contribution in [0.4, 0.5) is 5.69 Å². The van der Waals surface area contributed by atoms with Crippen LogP contribution in [0, 0.1) is 0 Å². The number of benzene rings is 2. The zero-order valence-electron chi connectivity index (χ0n) is 13.2. The summed E-state index contributed by atoms with van der Waals surface area (Å²) in [6.45, 7) is 2.43. The van der Waals surface area contributed by atoms with E-state index >= 15 is 0 Å². The molecule has 0 radical (unpaired) electrons. The van der Waals surface area contributed by atoms with Gasteiger partial charge in [-0.05, 0) is 30.5 Å². The fourth-order valence-corrected chi connectivity index (χ4v) is 2.10. The third kappa shape index (κ3) is 8.44. The highest BCUT2D eigenvalue weighted by molar-refractivity contribution is 14.0. The van der Waals surface area contributed by atoms with E-state index in [-0.39, 0.29) is 24.0 Å². The number of anilines is 1. The number of halogens is 1. The lowest BCUT2D eigenvalue weighted by Gasteiger charge is -2.07. The zero-order valence-corrected chi connectivity index (χ0v) is 15.6. The van der Waals surface area contributed by atoms with Crippen LogP contribution >= 0.6 is 24.0 Å². The van der Waals surface area contributed by atoms with Gasteiger partial charge in [-0.1, -0.05) is 48.5 Å². The molecule has 5 heteroatoms. The van der Waals surface area contributed by atoms with Gasteiger partial charge in [-0.3, -0.25) is 4.99 Å². The van der Waals surface area contributed by atoms with Crippen LogP contribution in [0.3, 0.4) is 0 Å². The van der Waals surface area contributed by atoms with E-state index in [1.54, 1.807) is 0 Å². The Morgan fingerprint density at radius 3 is 2.26 bits per heavy atom. The molecule has 0 aliphatic heterocycles. The van der Waals surface area contributed by atoms with Gasteiger partial charge >= 0.3 is 0 Å². The van der Waals surface area contributed by atoms with Crippen LogP contribution in [-0.4, -0.2) is 25.6 Å². The number of para-hydroxylation sites is 1. The number of rotatable bonds is 8. The molecule has 4 N–H and O–H groups in total. The molecule has 0 saturated heterocycles. The monoisotopic (exact) mass is 424 g/mol. The number of nitrogens with zero attached hydrogens (tertiary/aromatic N) is 1. The Morgan fingerprint density at radius 2 is 1.57 bits per heavy atom. The highest BCUT2D eigenvalue weighted by Gasteiger charge is 1.94. The van der Waals surface area contributed by atoms with Gasteiger partial charge in [-0.25, -0.2) is 0 Å². The van der Waals surface area contributed by atoms with Crippen LogP contribution in [0.15, 0.2) is 65.7 Å². The van der Waals surface area contributed by atoms with Gasteiger partial charge in [0.15, 0.2) is 5.96 Å². The minimum absolute atomic E-state index is 0. The lowest BCUT2D eigenvalue weighted by atomic mass is 10.1. The summed E-state index contributed by atoms with van der Waals surface area (Å²) < 4.78 is 0. The van der Waals surface area contributed by atoms with E-state index in [9.17, 15) is 0 Å². The lowest BCUT2D eigenvalue weighted by molar-refractivity contribution is 0.827. The van der Waals surface area contributed by atoms with Crippen LogP contribution in [0.5, 0.6) is 0 Å². The summed E-state index contributed by atoms with van der Waals surface area (Å²) in [5.74, 6) is 0.524. The quantitative estimate of drug-likeness (QED) is 0.264. The summed E-state index contributed by atoms with van der Waals surface area (Å²) in [6.07, 6.45) is 1.91. The van der Waals surface area contributed by atoms with E-state index in [1.807, 2.05) is 36.4 Å². The first-order valence-corrected chi connectivity index (χ1v) is 7.71. The van der Waals surface area contributed by atoms with Gasteiger partial charge in [0.2, 0.25) is 0 Å². The summed E-state index contributed by atoms with van der Waals surface area (Å²) in [7, 11) is 0. The van der Waals surface area contributed by atoms with Gasteiger partial charge < -0.3 is 16.4 Å². The first-order valence-electron chi connectivity index (χ1n) is 7.71. The number of nitrogens with one attached hydrogen (secondary N) is 2. The molecular formula is C18H25IN4. The molecule has 0 unspecified atom stereocenters. The van der Waals surface area contributed by atoms with Crippen molar-refractivity contribution in [1.82, 2.24) is 5.32 Å². The predicted molar refractivity (Wildman–Crippen MR) is 110 cm³/mol. The van der Waals surface area contributed by atoms with E-state index in [2.05, 4.69) is 39.9 Å². The summed E-state index contributed by atoms with van der Waals surface area (Å²) in [5, 5.41) is 6.50. The van der Waals surface area contributed by atoms with Gasteiger partial charge in [-0.15, -0.1) is 24.0 Å². The minimum atomic E-state index is 0. The number of hydrogen-bond donors (Lipinski definition) is 3. The summed E-state index contributed by atoms with van der Waals surface area (Å²) in [6, 6.07) is 20.5. The van der Waals surface area contributed by atoms with Crippen molar-refractivity contribution in [2.45, 2.75) is 12.8 Å². The fraction of sp³-hybridized carbons (Fsp3) is 0.278. The molecule has 0 atom stereocenters. The maximum Gasteiger partial charge on any atom is 0.188 e. The van der Waals surface area contributed by atoms with E-state index in [0.29, 0.717) is 5.96 Å². The molecule has 0 bridgehead atoms. The van der Waals surface area contributed by atoms with Crippen molar-refractivity contribution in [3.05, 3.63) is 66.2 Å². The van der Waals surface area contributed by atoms with Crippen molar-refractivity contribution in [3.8, 4) is 0 Å². The SMILES string of the molecule is I.NC(=NCCCNc1ccccc1)NCCc1ccccc1. The smallest absolute Gasteiger partial charge is 0.188 e. The first kappa shape index (κ1) is 19.3. The molecule has 0 aromatic heterocycles. The van der Waals surface area contributed by atoms with Crippen molar-refractivity contribution in [1.29, 1.82) is 0 Å². The molecule has 0 amide bonds. The fourth-order valence-electron chi connectivity index (χ4n) is 2.10. The molecule has 23 heavy (non-hydrogen) atoms. The average Bonchev–Trinajstić information content (AvgIpc) is 2.56. The van der Waals surface area contributed by atoms with E-state index < -0.39 is 0 Å². The number of nitrogens with two attached hydrogens (primary N) is 1. The van der Waals surface area contributed by atoms with Gasteiger partial charge in [-0.2, -0.15) is 0 Å². The second-order valence-electron chi connectivity index (χ2n) is 5.08. The van der Waals surface area contributed by atoms with E-state index in [1.165, 1.54) is 5.56 Å². The summed E-state index contributed by atoms with van der Waals surface area (Å²) >= 11 is 0. The van der Waals surface area contributed by atoms with Crippen LogP contribution in [0.2, 0.25) is 0 Å². The Hall–Kier alpha value is -1.76. The normalized spacial score (nSPS) is 10.7. The molecule has 124 valence electrons. The van der Waals surface area contributed by atoms with Gasteiger partial charge in [0.1, 0.15) is 0 Å². The summed E-state index contributed by atoms with van der Waals surface area (Å²) in [5.41, 5.74) is 8.29. The van der Waals surface area contributed by atoms with E-state index in [4.69, 9.17) is 5.73 Å². The second-order valence-corrected chi connectivity index (χ2v) is 5.08. The Labute approximate surface area is 155 Å². The average molecular weight is 424 g/mol. The minimum Gasteiger partial charge on any atom is -0.385 e. The zero-order chi connectivity index (χ0) is 15.5. The highest BCUT2D eigenvalue weighted by atomic mass is 127. The standard InChI is InChI=1S/C18H24N4.HI/c19-18(22-15-12-16-8-3-1-4-9-16)21-14-7-13-20-17-10-5-2-6-11-17;/h1-6,8-11,20H,7,12-15H2,(H3,19,21,22);1H. The molecular weight excluding hydrogens is 399 g/mol. The molecule has 0 aliphatic rings. The largest absolute Gasteiger partial charge is 0.385 e. The van der Waals surface area contributed by atoms with Crippen molar-refractivity contribution in [2.24, 2.45) is 10.7 Å². The van der Waals surface area contributed by atoms with Crippen LogP contribution < -0.4 is 16.4 Å². The second kappa shape index (κ2) is 11.8. The molecule has 0 saturated carbocycles. The number of hydrogen-bond acceptors (Lipinski definition) is 2. The Bertz CT molecular complexity index is 558. The van der Waals surface area contributed by atoms with Crippen molar-refractivity contribution in [3.63, 3.8) is 0 Å². The highest BCUT2D eigenvalue weighted by Crippen LogP contribution is 2.04. The topological polar surface area (TPSA) is 62.4 Å². The van der Waals surface area contributed by atoms with Crippen LogP contribution in [0.1, 0.15) is 12.0 Å². The molecule has 4 nitrogen and oxygen atoms in total. The van der Waals surface area contributed by atoms with Crippen molar-refractivity contribution < 1.29 is 0 Å². The molecule has 0 aliphatic carbocycles. The molecule has 0 heterocycles. The molecule has 0 spiro atoms. The van der Waals surface area contributed by atoms with Crippen LogP contribution in [-0.2, 0) is 6.42 Å². The van der Waals surface area contributed by atoms with Gasteiger partial charge in [0.25, 0.3) is 0 Å². The third-order valence-corrected chi connectivity index (χ3v) is 3.28. The number of aliphatic imine (C=N–C) groups is 1. The van der Waals surface area contributed by atoms with Gasteiger partial charge in [0, 0.05) is 25.3 Å². The number of guanidine groups is 1. The Balaban J connectivity index is 0.00000264. The lowest BCUT2D eigenvalue weighted by Crippen LogP contribution is -2.33. The Kier molecular flexibility index (Phi) is 9.86. The first-order chi connectivity index (χ1) is 10.8. The molecule has 0 fully saturated rings. The summed E-state index contributed by atoms with van der Waals surface area (Å²) in [4.78, 5) is 4.33. The maximum absolute atomic E-state index is 5.85. The molecule has 2 aromatic carbocycles. The molecule has 2 aromatic rings. The van der Waals surface area contributed by atoms with Crippen molar-refractivity contribution in [2.75, 3.05) is 25.0 Å². The van der Waals surface area contributed by atoms with E-state index in [0.717, 1.165) is 38.2 Å². The maximum atomic E-state index is 5.85. The van der Waals surface area contributed by atoms with Gasteiger partial charge in [0.05, 0.1) is 0 Å². The predicted octanol–water partition coefficient (Wildman–Crippen LogP) is 3.25. The van der Waals surface area contributed by atoms with Crippen LogP contribution in [0.25, 0.3) is 0 Å². The van der Waals surface area contributed by atoms with Crippen molar-refractivity contribution >= 4 is 35.6 Å².